The highest BCUT2D eigenvalue weighted by Gasteiger charge is 2.06. The number of nitrogens with zero attached hydrogens (tertiary/aromatic N) is 1. The molecule has 122 valence electrons. The van der Waals surface area contributed by atoms with Crippen LogP contribution in [0.3, 0.4) is 0 Å². The Labute approximate surface area is 153 Å². The summed E-state index contributed by atoms with van der Waals surface area (Å²) in [6.07, 6.45) is 0. The molecule has 0 unspecified atom stereocenters. The molecule has 24 heavy (non-hydrogen) atoms. The Morgan fingerprint density at radius 1 is 1.17 bits per heavy atom. The molecule has 0 aliphatic heterocycles. The fraction of sp³-hybridized carbons (Fsp3) is 0.111. The molecule has 1 aromatic heterocycles. The van der Waals surface area contributed by atoms with Gasteiger partial charge in [0, 0.05) is 26.8 Å². The van der Waals surface area contributed by atoms with Crippen LogP contribution in [0.4, 0.5) is 11.4 Å². The number of aromatic nitrogens is 1. The van der Waals surface area contributed by atoms with Gasteiger partial charge in [0.05, 0.1) is 17.2 Å². The van der Waals surface area contributed by atoms with Gasteiger partial charge in [0.2, 0.25) is 5.91 Å². The van der Waals surface area contributed by atoms with Crippen molar-refractivity contribution in [3.63, 3.8) is 0 Å². The maximum absolute atomic E-state index is 12.1. The Hall–Kier alpha value is -2.18. The van der Waals surface area contributed by atoms with Gasteiger partial charge in [-0.3, -0.25) is 4.79 Å². The fourth-order valence-electron chi connectivity index (χ4n) is 2.24. The summed E-state index contributed by atoms with van der Waals surface area (Å²) in [7, 11) is 0. The highest BCUT2D eigenvalue weighted by molar-refractivity contribution is 9.10. The fourth-order valence-corrected chi connectivity index (χ4v) is 3.26. The lowest BCUT2D eigenvalue weighted by molar-refractivity contribution is -0.114. The molecule has 3 rings (SSSR count). The number of amides is 1. The van der Waals surface area contributed by atoms with E-state index in [9.17, 15) is 4.79 Å². The summed E-state index contributed by atoms with van der Waals surface area (Å²) < 4.78 is 0.971. The molecule has 3 aromatic rings. The number of hydrogen-bond donors (Lipinski definition) is 2. The van der Waals surface area contributed by atoms with Gasteiger partial charge in [-0.2, -0.15) is 0 Å². The Bertz CT molecular complexity index is 863. The highest BCUT2D eigenvalue weighted by atomic mass is 79.9. The van der Waals surface area contributed by atoms with Crippen molar-refractivity contribution in [1.82, 2.24) is 4.98 Å². The second kappa shape index (κ2) is 7.59. The largest absolute Gasteiger partial charge is 0.376 e. The third kappa shape index (κ3) is 4.43. The number of halogens is 1. The van der Waals surface area contributed by atoms with Crippen LogP contribution in [0.5, 0.6) is 0 Å². The number of aryl methyl sites for hydroxylation is 1. The van der Waals surface area contributed by atoms with Crippen LogP contribution in [-0.4, -0.2) is 17.4 Å². The molecule has 0 aliphatic carbocycles. The van der Waals surface area contributed by atoms with Gasteiger partial charge in [0.25, 0.3) is 0 Å². The van der Waals surface area contributed by atoms with Crippen molar-refractivity contribution in [3.05, 3.63) is 63.4 Å². The molecule has 0 spiro atoms. The molecule has 0 bridgehead atoms. The number of hydrogen-bond acceptors (Lipinski definition) is 4. The predicted molar refractivity (Wildman–Crippen MR) is 104 cm³/mol. The van der Waals surface area contributed by atoms with Crippen LogP contribution in [0.2, 0.25) is 0 Å². The van der Waals surface area contributed by atoms with E-state index in [-0.39, 0.29) is 12.5 Å². The molecule has 2 N–H and O–H groups in total. The Kier molecular flexibility index (Phi) is 5.27. The molecular formula is C18H16BrN3OS. The first-order chi connectivity index (χ1) is 11.6. The summed E-state index contributed by atoms with van der Waals surface area (Å²) in [5.74, 6) is -0.0958. The van der Waals surface area contributed by atoms with Gasteiger partial charge in [-0.25, -0.2) is 4.98 Å². The Balaban J connectivity index is 1.62. The van der Waals surface area contributed by atoms with E-state index in [1.165, 1.54) is 0 Å². The van der Waals surface area contributed by atoms with Gasteiger partial charge < -0.3 is 10.6 Å². The van der Waals surface area contributed by atoms with Crippen molar-refractivity contribution in [2.24, 2.45) is 0 Å². The summed E-state index contributed by atoms with van der Waals surface area (Å²) in [6, 6.07) is 15.4. The highest BCUT2D eigenvalue weighted by Crippen LogP contribution is 2.24. The van der Waals surface area contributed by atoms with Crippen LogP contribution in [0.1, 0.15) is 5.01 Å². The number of carbonyl (C=O) groups excluding carboxylic acids is 1. The van der Waals surface area contributed by atoms with Crippen LogP contribution in [-0.2, 0) is 4.79 Å². The second-order valence-electron chi connectivity index (χ2n) is 5.24. The van der Waals surface area contributed by atoms with E-state index in [4.69, 9.17) is 0 Å². The lowest BCUT2D eigenvalue weighted by atomic mass is 10.1. The van der Waals surface area contributed by atoms with E-state index in [0.717, 1.165) is 32.1 Å². The number of carbonyl (C=O) groups is 1. The van der Waals surface area contributed by atoms with E-state index in [2.05, 4.69) is 31.5 Å². The van der Waals surface area contributed by atoms with Gasteiger partial charge in [0.1, 0.15) is 0 Å². The molecule has 0 fully saturated rings. The zero-order valence-electron chi connectivity index (χ0n) is 13.0. The Morgan fingerprint density at radius 2 is 1.96 bits per heavy atom. The number of benzene rings is 2. The van der Waals surface area contributed by atoms with E-state index >= 15 is 0 Å². The topological polar surface area (TPSA) is 54.0 Å². The quantitative estimate of drug-likeness (QED) is 0.636. The molecule has 1 amide bonds. The number of thiazole rings is 1. The minimum Gasteiger partial charge on any atom is -0.376 e. The van der Waals surface area contributed by atoms with Crippen LogP contribution in [0, 0.1) is 6.92 Å². The van der Waals surface area contributed by atoms with Crippen LogP contribution < -0.4 is 10.6 Å². The standard InChI is InChI=1S/C18H16BrN3OS/c1-12-21-17(11-24-12)13-4-2-7-16(8-13)22-18(23)10-20-15-6-3-5-14(19)9-15/h2-9,11,20H,10H2,1H3,(H,22,23). The lowest BCUT2D eigenvalue weighted by Gasteiger charge is -2.09. The molecule has 0 radical (unpaired) electrons. The van der Waals surface area contributed by atoms with Crippen molar-refractivity contribution < 1.29 is 4.79 Å². The first-order valence-corrected chi connectivity index (χ1v) is 9.09. The summed E-state index contributed by atoms with van der Waals surface area (Å²) >= 11 is 5.02. The lowest BCUT2D eigenvalue weighted by Crippen LogP contribution is -2.21. The molecule has 4 nitrogen and oxygen atoms in total. The monoisotopic (exact) mass is 401 g/mol. The SMILES string of the molecule is Cc1nc(-c2cccc(NC(=O)CNc3cccc(Br)c3)c2)cs1. The average Bonchev–Trinajstić information content (AvgIpc) is 3.00. The number of nitrogens with one attached hydrogen (secondary N) is 2. The van der Waals surface area contributed by atoms with E-state index in [1.807, 2.05) is 60.8 Å². The van der Waals surface area contributed by atoms with E-state index in [1.54, 1.807) is 11.3 Å². The molecular weight excluding hydrogens is 386 g/mol. The third-order valence-corrected chi connectivity index (χ3v) is 4.61. The summed E-state index contributed by atoms with van der Waals surface area (Å²) in [5, 5.41) is 9.05. The van der Waals surface area contributed by atoms with Gasteiger partial charge >= 0.3 is 0 Å². The second-order valence-corrected chi connectivity index (χ2v) is 7.22. The van der Waals surface area contributed by atoms with Gasteiger partial charge in [-0.15, -0.1) is 11.3 Å². The third-order valence-electron chi connectivity index (χ3n) is 3.34. The number of rotatable bonds is 5. The molecule has 2 aromatic carbocycles. The van der Waals surface area contributed by atoms with E-state index < -0.39 is 0 Å². The minimum atomic E-state index is -0.0958. The van der Waals surface area contributed by atoms with Gasteiger partial charge in [-0.1, -0.05) is 34.1 Å². The predicted octanol–water partition coefficient (Wildman–Crippen LogP) is 4.93. The van der Waals surface area contributed by atoms with Crippen LogP contribution in [0.25, 0.3) is 11.3 Å². The summed E-state index contributed by atoms with van der Waals surface area (Å²) in [4.78, 5) is 16.6. The Morgan fingerprint density at radius 3 is 2.71 bits per heavy atom. The van der Waals surface area contributed by atoms with Crippen molar-refractivity contribution in [3.8, 4) is 11.3 Å². The molecule has 6 heteroatoms. The molecule has 1 heterocycles. The maximum Gasteiger partial charge on any atom is 0.243 e. The smallest absolute Gasteiger partial charge is 0.243 e. The van der Waals surface area contributed by atoms with Crippen molar-refractivity contribution in [2.45, 2.75) is 6.92 Å². The van der Waals surface area contributed by atoms with E-state index in [0.29, 0.717) is 0 Å². The summed E-state index contributed by atoms with van der Waals surface area (Å²) in [6.45, 7) is 2.18. The zero-order valence-corrected chi connectivity index (χ0v) is 15.4. The minimum absolute atomic E-state index is 0.0958. The first-order valence-electron chi connectivity index (χ1n) is 7.42. The maximum atomic E-state index is 12.1. The normalized spacial score (nSPS) is 10.4. The molecule has 0 saturated heterocycles. The van der Waals surface area contributed by atoms with Gasteiger partial charge in [-0.05, 0) is 37.3 Å². The van der Waals surface area contributed by atoms with Gasteiger partial charge in [0.15, 0.2) is 0 Å². The molecule has 0 aliphatic rings. The molecule has 0 atom stereocenters. The average molecular weight is 402 g/mol. The summed E-state index contributed by atoms with van der Waals surface area (Å²) in [5.41, 5.74) is 3.59. The molecule has 0 saturated carbocycles. The first kappa shape index (κ1) is 16.7. The van der Waals surface area contributed by atoms with Crippen molar-refractivity contribution in [1.29, 1.82) is 0 Å². The number of anilines is 2. The van der Waals surface area contributed by atoms with Crippen LogP contribution >= 0.6 is 27.3 Å². The van der Waals surface area contributed by atoms with Crippen molar-refractivity contribution >= 4 is 44.5 Å². The van der Waals surface area contributed by atoms with Crippen LogP contribution in [0.15, 0.2) is 58.4 Å². The van der Waals surface area contributed by atoms with Crippen molar-refractivity contribution in [2.75, 3.05) is 17.2 Å². The zero-order chi connectivity index (χ0) is 16.9.